The van der Waals surface area contributed by atoms with E-state index >= 15 is 0 Å². The first-order valence-electron chi connectivity index (χ1n) is 12.6. The Kier molecular flexibility index (Phi) is 21.3. The average molecular weight is 405 g/mol. The monoisotopic (exact) mass is 404 g/mol. The van der Waals surface area contributed by atoms with Crippen molar-refractivity contribution in [3.8, 4) is 0 Å². The third-order valence-corrected chi connectivity index (χ3v) is 8.17. The van der Waals surface area contributed by atoms with Crippen LogP contribution >= 0.6 is 7.72 Å². The van der Waals surface area contributed by atoms with Gasteiger partial charge in [-0.15, -0.1) is 0 Å². The van der Waals surface area contributed by atoms with Crippen molar-refractivity contribution in [3.63, 3.8) is 0 Å². The molecule has 0 aromatic carbocycles. The Labute approximate surface area is 172 Å². The van der Waals surface area contributed by atoms with Crippen LogP contribution in [0.1, 0.15) is 142 Å². The zero-order valence-electron chi connectivity index (χ0n) is 19.0. The summed E-state index contributed by atoms with van der Waals surface area (Å²) >= 11 is 0. The minimum atomic E-state index is -2.88. The molecule has 27 heavy (non-hydrogen) atoms. The van der Waals surface area contributed by atoms with Crippen molar-refractivity contribution in [2.24, 2.45) is 0 Å². The van der Waals surface area contributed by atoms with Crippen molar-refractivity contribution >= 4 is 7.72 Å². The predicted octanol–water partition coefficient (Wildman–Crippen LogP) is 8.39. The summed E-state index contributed by atoms with van der Waals surface area (Å²) < 4.78 is 0. The van der Waals surface area contributed by atoms with E-state index in [1.807, 2.05) is 0 Å². The van der Waals surface area contributed by atoms with Crippen molar-refractivity contribution in [2.75, 3.05) is 12.3 Å². The second-order valence-corrected chi connectivity index (χ2v) is 11.8. The molecule has 0 spiro atoms. The van der Waals surface area contributed by atoms with Crippen LogP contribution in [0.3, 0.4) is 0 Å². The van der Waals surface area contributed by atoms with Crippen LogP contribution in [-0.4, -0.2) is 22.1 Å². The molecular formula is C24H53O2P. The maximum atomic E-state index is 10.3. The first kappa shape index (κ1) is 27.4. The van der Waals surface area contributed by atoms with Gasteiger partial charge < -0.3 is 0 Å². The number of hydrogen-bond acceptors (Lipinski definition) is 2. The van der Waals surface area contributed by atoms with Crippen molar-refractivity contribution < 1.29 is 9.79 Å². The normalized spacial score (nSPS) is 12.6. The molecule has 0 bridgehead atoms. The van der Waals surface area contributed by atoms with E-state index < -0.39 is 7.72 Å². The average Bonchev–Trinajstić information content (AvgIpc) is 2.64. The fourth-order valence-electron chi connectivity index (χ4n) is 3.92. The third kappa shape index (κ3) is 22.5. The maximum absolute atomic E-state index is 10.3. The number of rotatable bonds is 22. The van der Waals surface area contributed by atoms with Crippen molar-refractivity contribution in [2.45, 2.75) is 142 Å². The van der Waals surface area contributed by atoms with E-state index in [0.29, 0.717) is 12.3 Å². The number of unbranched alkanes of at least 4 members (excludes halogenated alkanes) is 18. The Morgan fingerprint density at radius 2 is 0.593 bits per heavy atom. The SMILES string of the molecule is CCCCCCCCCCCC[PH](O)(O)CCCCCCCCCCCC. The van der Waals surface area contributed by atoms with Crippen LogP contribution in [0.4, 0.5) is 0 Å². The fourth-order valence-corrected chi connectivity index (χ4v) is 5.80. The number of hydrogen-bond donors (Lipinski definition) is 2. The summed E-state index contributed by atoms with van der Waals surface area (Å²) in [4.78, 5) is 20.5. The standard InChI is InChI=1S/C24H53O2P/c1-3-5-7-9-11-13-15-17-19-21-23-27(25,26)24-22-20-18-16-14-12-10-8-6-4-2/h25-27H,3-24H2,1-2H3. The summed E-state index contributed by atoms with van der Waals surface area (Å²) in [5, 5.41) is 0. The van der Waals surface area contributed by atoms with Gasteiger partial charge in [-0.05, 0) is 0 Å². The molecule has 0 rings (SSSR count). The summed E-state index contributed by atoms with van der Waals surface area (Å²) in [6.07, 6.45) is 27.5. The Balaban J connectivity index is 3.31. The Morgan fingerprint density at radius 3 is 0.852 bits per heavy atom. The van der Waals surface area contributed by atoms with Gasteiger partial charge in [0.1, 0.15) is 0 Å². The molecule has 0 unspecified atom stereocenters. The van der Waals surface area contributed by atoms with Crippen LogP contribution in [0.25, 0.3) is 0 Å². The van der Waals surface area contributed by atoms with E-state index in [4.69, 9.17) is 0 Å². The van der Waals surface area contributed by atoms with Gasteiger partial charge in [-0.25, -0.2) is 0 Å². The second-order valence-electron chi connectivity index (χ2n) is 8.85. The summed E-state index contributed by atoms with van der Waals surface area (Å²) in [6.45, 7) is 4.53. The van der Waals surface area contributed by atoms with Gasteiger partial charge in [0.2, 0.25) is 0 Å². The topological polar surface area (TPSA) is 40.5 Å². The van der Waals surface area contributed by atoms with Crippen LogP contribution in [-0.2, 0) is 0 Å². The van der Waals surface area contributed by atoms with E-state index in [2.05, 4.69) is 13.8 Å². The first-order chi connectivity index (χ1) is 13.1. The molecule has 0 fully saturated rings. The first-order valence-corrected chi connectivity index (χ1v) is 14.9. The summed E-state index contributed by atoms with van der Waals surface area (Å²) in [7, 11) is -2.88. The van der Waals surface area contributed by atoms with Crippen molar-refractivity contribution in [3.05, 3.63) is 0 Å². The molecule has 0 aromatic heterocycles. The van der Waals surface area contributed by atoms with E-state index in [-0.39, 0.29) is 0 Å². The molecule has 0 radical (unpaired) electrons. The molecule has 0 aromatic rings. The van der Waals surface area contributed by atoms with E-state index in [0.717, 1.165) is 12.8 Å². The van der Waals surface area contributed by atoms with Crippen LogP contribution in [0.15, 0.2) is 0 Å². The molecule has 0 aliphatic carbocycles. The minimum absolute atomic E-state index is 0.695. The van der Waals surface area contributed by atoms with Gasteiger partial charge >= 0.3 is 172 Å². The molecule has 0 aliphatic rings. The van der Waals surface area contributed by atoms with Crippen LogP contribution in [0.2, 0.25) is 0 Å². The molecule has 2 N–H and O–H groups in total. The molecule has 0 atom stereocenters. The Morgan fingerprint density at radius 1 is 0.370 bits per heavy atom. The van der Waals surface area contributed by atoms with Crippen LogP contribution in [0.5, 0.6) is 0 Å². The van der Waals surface area contributed by atoms with E-state index in [1.165, 1.54) is 116 Å². The molecule has 2 nitrogen and oxygen atoms in total. The quantitative estimate of drug-likeness (QED) is 0.140. The van der Waals surface area contributed by atoms with E-state index in [1.54, 1.807) is 0 Å². The molecule has 0 amide bonds. The second kappa shape index (κ2) is 21.1. The third-order valence-electron chi connectivity index (χ3n) is 5.86. The van der Waals surface area contributed by atoms with Crippen LogP contribution < -0.4 is 0 Å². The van der Waals surface area contributed by atoms with Gasteiger partial charge in [-0.3, -0.25) is 0 Å². The van der Waals surface area contributed by atoms with Gasteiger partial charge in [0, 0.05) is 0 Å². The zero-order chi connectivity index (χ0) is 20.1. The van der Waals surface area contributed by atoms with Gasteiger partial charge in [0.15, 0.2) is 0 Å². The Hall–Kier alpha value is 0.350. The van der Waals surface area contributed by atoms with Crippen LogP contribution in [0, 0.1) is 0 Å². The predicted molar refractivity (Wildman–Crippen MR) is 126 cm³/mol. The molecular weight excluding hydrogens is 351 g/mol. The van der Waals surface area contributed by atoms with Gasteiger partial charge in [0.25, 0.3) is 0 Å². The Bertz CT molecular complexity index is 256. The van der Waals surface area contributed by atoms with Gasteiger partial charge in [0.05, 0.1) is 0 Å². The summed E-state index contributed by atoms with van der Waals surface area (Å²) in [5.41, 5.74) is 0. The molecule has 3 heteroatoms. The van der Waals surface area contributed by atoms with Crippen molar-refractivity contribution in [1.29, 1.82) is 0 Å². The fraction of sp³-hybridized carbons (Fsp3) is 1.00. The van der Waals surface area contributed by atoms with Gasteiger partial charge in [-0.1, -0.05) is 0 Å². The molecule has 0 saturated heterocycles. The summed E-state index contributed by atoms with van der Waals surface area (Å²) in [6, 6.07) is 0. The molecule has 166 valence electrons. The molecule has 0 saturated carbocycles. The summed E-state index contributed by atoms with van der Waals surface area (Å²) in [5.74, 6) is 0. The zero-order valence-corrected chi connectivity index (χ0v) is 20.0. The molecule has 0 aliphatic heterocycles. The molecule has 0 heterocycles. The van der Waals surface area contributed by atoms with Gasteiger partial charge in [-0.2, -0.15) is 0 Å². The van der Waals surface area contributed by atoms with Crippen molar-refractivity contribution in [1.82, 2.24) is 0 Å². The van der Waals surface area contributed by atoms with E-state index in [9.17, 15) is 9.79 Å².